The summed E-state index contributed by atoms with van der Waals surface area (Å²) in [5.41, 5.74) is 1.90. The van der Waals surface area contributed by atoms with Crippen molar-refractivity contribution in [2.45, 2.75) is 175 Å². The number of phenolic OH excluding ortho intramolecular Hbond substituents is 1. The van der Waals surface area contributed by atoms with Crippen molar-refractivity contribution in [3.05, 3.63) is 69.8 Å². The number of aromatic hydroxyl groups is 1. The molecule has 4 heterocycles. The van der Waals surface area contributed by atoms with Crippen LogP contribution in [-0.4, -0.2) is 239 Å². The molecule has 5 aliphatic rings. The molecule has 4 aliphatic heterocycles. The number of β-amino-alcohol motifs (C(OH)–C–C–N with tert-alkyl or cyclic N) is 1. The summed E-state index contributed by atoms with van der Waals surface area (Å²) in [5.74, 6) is -28.7. The van der Waals surface area contributed by atoms with Crippen LogP contribution in [0.4, 0.5) is 0 Å². The molecule has 1 fully saturated rings. The van der Waals surface area contributed by atoms with Crippen molar-refractivity contribution in [3.8, 4) is 11.5 Å². The van der Waals surface area contributed by atoms with Gasteiger partial charge in [0, 0.05) is 73.8 Å². The number of nitrogens with two attached hydrogens (primary N) is 1. The third-order valence-electron chi connectivity index (χ3n) is 19.7. The Kier molecular flexibility index (Phi) is 30.3. The molecule has 105 heavy (non-hydrogen) atoms. The SMILES string of the molecule is C/C1=C/C=C/[C@H](C)[C@H](O)[C@@H](C)[C@@H](O)[C@@H](C)[C@H](C)[C@H](C)[C@@H](CO)/C=C/O[C@@]2(C)Oc3c(C)c(O)c4c(c3C2=O)C(=O)C(NCCCC(C)C(=O)NCC2NC(=O)C(C(=O)O)NC(=O)C(O)CNC(=O)C(C(C)O)NC(=O)C(C(O)C(O)C(N)=O)NC(=O)C(C(C)C)CC(=O)C(CO)NC2=O)=C(NC1=O)C4=O. The number of allylic oxidation sites excluding steroid dienone is 4. The fraction of sp³-hybridized carbons (Fsp3) is 0.594. The number of carbonyl (C=O) groups excluding carboxylic acids is 13. The normalized spacial score (nSPS) is 31.3. The number of carboxylic acid groups (broad SMARTS) is 1. The van der Waals surface area contributed by atoms with Gasteiger partial charge >= 0.3 is 11.8 Å². The first-order valence-electron chi connectivity index (χ1n) is 34.1. The number of carboxylic acids is 1. The van der Waals surface area contributed by atoms with Gasteiger partial charge in [-0.2, -0.15) is 0 Å². The minimum absolute atomic E-state index is 0.0373. The molecule has 20 atom stereocenters. The number of Topliss-reactive ketones (excluding diaryl/α,β-unsaturated/α-hetero) is 4. The lowest BCUT2D eigenvalue weighted by atomic mass is 9.72. The topological polar surface area (TPSA) is 594 Å². The number of aliphatic hydroxyl groups excluding tert-OH is 8. The number of phenols is 1. The van der Waals surface area contributed by atoms with E-state index in [1.165, 1.54) is 59.8 Å². The van der Waals surface area contributed by atoms with Gasteiger partial charge in [0.1, 0.15) is 59.3 Å². The molecule has 0 spiro atoms. The molecule has 5 bridgehead atoms. The molecule has 36 heteroatoms. The maximum atomic E-state index is 15.1. The van der Waals surface area contributed by atoms with Gasteiger partial charge in [-0.1, -0.05) is 73.6 Å². The minimum Gasteiger partial charge on any atom is -0.507 e. The van der Waals surface area contributed by atoms with Crippen molar-refractivity contribution >= 4 is 82.3 Å². The zero-order chi connectivity index (χ0) is 79.3. The highest BCUT2D eigenvalue weighted by molar-refractivity contribution is 6.32. The molecule has 9 amide bonds. The number of aliphatic carboxylic acids is 1. The second-order valence-electron chi connectivity index (χ2n) is 27.6. The average molecular weight is 1480 g/mol. The lowest BCUT2D eigenvalue weighted by Gasteiger charge is -2.37. The van der Waals surface area contributed by atoms with E-state index in [1.54, 1.807) is 25.2 Å². The number of carbonyl (C=O) groups is 14. The predicted molar refractivity (Wildman–Crippen MR) is 365 cm³/mol. The van der Waals surface area contributed by atoms with E-state index in [2.05, 4.69) is 26.6 Å². The van der Waals surface area contributed by atoms with E-state index in [1.807, 2.05) is 36.7 Å². The van der Waals surface area contributed by atoms with Gasteiger partial charge in [0.15, 0.2) is 11.9 Å². The van der Waals surface area contributed by atoms with Gasteiger partial charge in [-0.25, -0.2) is 4.79 Å². The smallest absolute Gasteiger partial charge is 0.336 e. The maximum absolute atomic E-state index is 15.1. The Bertz CT molecular complexity index is 3660. The molecular formula is C69H98N10O26. The van der Waals surface area contributed by atoms with Crippen molar-refractivity contribution < 1.29 is 128 Å². The second-order valence-corrected chi connectivity index (χ2v) is 27.6. The summed E-state index contributed by atoms with van der Waals surface area (Å²) >= 11 is 0. The van der Waals surface area contributed by atoms with Gasteiger partial charge in [0.25, 0.3) is 23.5 Å². The van der Waals surface area contributed by atoms with Gasteiger partial charge in [0.05, 0.1) is 54.4 Å². The van der Waals surface area contributed by atoms with E-state index < -0.39 is 263 Å². The van der Waals surface area contributed by atoms with Gasteiger partial charge in [-0.3, -0.25) is 62.3 Å². The number of nitrogens with one attached hydrogen (secondary N) is 9. The predicted octanol–water partition coefficient (Wildman–Crippen LogP) is -4.81. The Hall–Kier alpha value is -9.56. The second kappa shape index (κ2) is 36.9. The standard InChI is InChI=1S/C69H98N10O26/c1-26(2)37-21-40(83)39(25-81)75-63(97)38(74-67(101)49(68(102)103)79-64(98)41(84)23-73-65(99)45(35(11)82)76-66(100)48(78-62(37)96)55(90)56(91)59(70)93)22-72-60(94)28(4)17-14-19-71-46-47-54(89)43-42(53(46)88)44-57(34(10)52(43)87)105-69(12,58(44)92)104-20-18-36(24-80)31(7)30(6)32(8)51(86)33(9)50(85)27(3)15-13-16-29(5)61(95)77-47/h13,15-16,18,20,26-28,30-33,35-39,41,45,48-51,55-56,71,80-82,84-87,90-91H,14,17,19,21-25H2,1-12H3,(H2,70,93)(H,72,94)(H,73,99)(H,74,101)(H,75,97)(H,76,100)(H,77,95)(H,78,96)(H,79,98)(H,102,103)/b15-13+,20-18+,29-16-/t27-,28?,30+,31-,32-,33+,35?,36+,37?,38?,39?,41?,45?,48?,49?,50-,51-,55?,56?,69-/m0/s1. The average Bonchev–Trinajstić information content (AvgIpc) is 1.62. The highest BCUT2D eigenvalue weighted by Crippen LogP contribution is 2.49. The molecule has 6 rings (SSSR count). The van der Waals surface area contributed by atoms with Gasteiger partial charge < -0.3 is 114 Å². The number of fused-ring (bicyclic) bond motifs is 14. The van der Waals surface area contributed by atoms with Crippen LogP contribution in [0.15, 0.2) is 47.5 Å². The highest BCUT2D eigenvalue weighted by atomic mass is 16.7. The Labute approximate surface area is 603 Å². The molecule has 1 saturated heterocycles. The Morgan fingerprint density at radius 2 is 1.34 bits per heavy atom. The van der Waals surface area contributed by atoms with E-state index in [-0.39, 0.29) is 48.1 Å². The van der Waals surface area contributed by atoms with E-state index in [4.69, 9.17) is 15.2 Å². The molecule has 1 aromatic rings. The van der Waals surface area contributed by atoms with E-state index >= 15 is 4.79 Å². The van der Waals surface area contributed by atoms with Crippen LogP contribution in [0, 0.1) is 60.2 Å². The summed E-state index contributed by atoms with van der Waals surface area (Å²) < 4.78 is 12.0. The molecule has 580 valence electrons. The van der Waals surface area contributed by atoms with E-state index in [9.17, 15) is 113 Å². The summed E-state index contributed by atoms with van der Waals surface area (Å²) in [5, 5.41) is 128. The third-order valence-corrected chi connectivity index (χ3v) is 19.7. The minimum atomic E-state index is -2.69. The van der Waals surface area contributed by atoms with Crippen molar-refractivity contribution in [2.75, 3.05) is 32.8 Å². The molecule has 11 unspecified atom stereocenters. The van der Waals surface area contributed by atoms with Crippen LogP contribution in [-0.2, 0) is 57.5 Å². The van der Waals surface area contributed by atoms with Crippen LogP contribution in [0.1, 0.15) is 132 Å². The number of ether oxygens (including phenoxy) is 2. The molecule has 1 aromatic carbocycles. The fourth-order valence-electron chi connectivity index (χ4n) is 12.3. The molecule has 36 nitrogen and oxygen atoms in total. The van der Waals surface area contributed by atoms with Gasteiger partial charge in [-0.15, -0.1) is 0 Å². The van der Waals surface area contributed by atoms with Crippen LogP contribution in [0.5, 0.6) is 11.5 Å². The molecule has 21 N–H and O–H groups in total. The fourth-order valence-corrected chi connectivity index (χ4v) is 12.3. The summed E-state index contributed by atoms with van der Waals surface area (Å²) in [7, 11) is 0. The zero-order valence-electron chi connectivity index (χ0n) is 60.2. The number of amides is 9. The summed E-state index contributed by atoms with van der Waals surface area (Å²) in [6, 6.07) is -11.3. The van der Waals surface area contributed by atoms with Crippen molar-refractivity contribution in [1.29, 1.82) is 0 Å². The van der Waals surface area contributed by atoms with Crippen molar-refractivity contribution in [1.82, 2.24) is 47.9 Å². The monoisotopic (exact) mass is 1480 g/mol. The van der Waals surface area contributed by atoms with Crippen molar-refractivity contribution in [2.24, 2.45) is 59.0 Å². The maximum Gasteiger partial charge on any atom is 0.336 e. The molecule has 1 aliphatic carbocycles. The first-order valence-corrected chi connectivity index (χ1v) is 34.1. The Morgan fingerprint density at radius 3 is 1.93 bits per heavy atom. The van der Waals surface area contributed by atoms with Crippen LogP contribution in [0.25, 0.3) is 0 Å². The first kappa shape index (κ1) is 86.1. The lowest BCUT2D eigenvalue weighted by molar-refractivity contribution is -0.148. The Morgan fingerprint density at radius 1 is 0.714 bits per heavy atom. The largest absolute Gasteiger partial charge is 0.507 e. The number of hydrogen-bond donors (Lipinski definition) is 20. The number of primary amides is 1. The molecule has 0 aromatic heterocycles. The van der Waals surface area contributed by atoms with Crippen LogP contribution in [0.2, 0.25) is 0 Å². The van der Waals surface area contributed by atoms with Crippen LogP contribution >= 0.6 is 0 Å². The summed E-state index contributed by atoms with van der Waals surface area (Å²) in [4.78, 5) is 194. The third kappa shape index (κ3) is 20.3. The number of hydrogen-bond acceptors (Lipinski definition) is 26. The molecule has 0 saturated carbocycles. The van der Waals surface area contributed by atoms with Gasteiger partial charge in [-0.05, 0) is 63.4 Å². The quantitative estimate of drug-likeness (QED) is 0.0545. The first-order chi connectivity index (χ1) is 49.0. The number of aliphatic hydroxyl groups is 8. The van der Waals surface area contributed by atoms with Crippen LogP contribution < -0.4 is 58.3 Å². The highest BCUT2D eigenvalue weighted by Gasteiger charge is 2.53. The zero-order valence-corrected chi connectivity index (χ0v) is 60.2. The van der Waals surface area contributed by atoms with Crippen molar-refractivity contribution in [3.63, 3.8) is 0 Å². The molecular weight excluding hydrogens is 1380 g/mol. The summed E-state index contributed by atoms with van der Waals surface area (Å²) in [6.45, 7) is 13.9. The molecule has 0 radical (unpaired) electrons. The number of ketones is 4. The lowest BCUT2D eigenvalue weighted by Crippen LogP contribution is -2.64. The van der Waals surface area contributed by atoms with E-state index in [0.29, 0.717) is 0 Å². The number of benzene rings is 1. The summed E-state index contributed by atoms with van der Waals surface area (Å²) in [6.07, 6.45) is -5.68. The number of rotatable bonds is 16. The Balaban J connectivity index is 1.47. The van der Waals surface area contributed by atoms with E-state index in [0.717, 1.165) is 13.2 Å². The van der Waals surface area contributed by atoms with Gasteiger partial charge in [0.2, 0.25) is 53.1 Å². The van der Waals surface area contributed by atoms with Crippen LogP contribution in [0.3, 0.4) is 0 Å².